The summed E-state index contributed by atoms with van der Waals surface area (Å²) in [6.07, 6.45) is 0. The lowest BCUT2D eigenvalue weighted by molar-refractivity contribution is 0.609. The third kappa shape index (κ3) is 3.35. The monoisotopic (exact) mass is 388 g/mol. The van der Waals surface area contributed by atoms with E-state index in [9.17, 15) is 8.42 Å². The van der Waals surface area contributed by atoms with Crippen LogP contribution in [0.15, 0.2) is 35.2 Å². The molecular weight excluding hydrogens is 385 g/mol. The van der Waals surface area contributed by atoms with Crippen LogP contribution < -0.4 is 0 Å². The minimum Gasteiger partial charge on any atom is -0.207 e. The normalized spacial score (nSPS) is 11.7. The van der Waals surface area contributed by atoms with Gasteiger partial charge in [0.2, 0.25) is 0 Å². The second kappa shape index (κ2) is 5.91. The molecule has 2 rings (SSSR count). The summed E-state index contributed by atoms with van der Waals surface area (Å²) in [5.74, 6) is 0. The van der Waals surface area contributed by atoms with Gasteiger partial charge in [0.25, 0.3) is 9.05 Å². The molecule has 0 heterocycles. The second-order valence-electron chi connectivity index (χ2n) is 3.83. The fraction of sp³-hybridized carbons (Fsp3) is 0. The zero-order valence-electron chi connectivity index (χ0n) is 9.50. The maximum atomic E-state index is 11.2. The van der Waals surface area contributed by atoms with Gasteiger partial charge in [-0.25, -0.2) is 8.42 Å². The number of benzene rings is 2. The van der Waals surface area contributed by atoms with E-state index in [1.165, 1.54) is 24.3 Å². The smallest absolute Gasteiger partial charge is 0.207 e. The molecule has 2 aromatic carbocycles. The number of rotatable bonds is 2. The van der Waals surface area contributed by atoms with Crippen molar-refractivity contribution in [3.63, 3.8) is 0 Å². The molecule has 0 bridgehead atoms. The van der Waals surface area contributed by atoms with Crippen molar-refractivity contribution in [3.8, 4) is 11.1 Å². The summed E-state index contributed by atoms with van der Waals surface area (Å²) < 4.78 is 22.5. The highest BCUT2D eigenvalue weighted by Crippen LogP contribution is 2.39. The van der Waals surface area contributed by atoms with E-state index in [1.54, 1.807) is 6.07 Å². The molecule has 0 saturated carbocycles. The maximum absolute atomic E-state index is 11.2. The highest BCUT2D eigenvalue weighted by atomic mass is 35.7. The summed E-state index contributed by atoms with van der Waals surface area (Å²) in [4.78, 5) is -0.0934. The summed E-state index contributed by atoms with van der Waals surface area (Å²) in [5.41, 5.74) is 1.07. The van der Waals surface area contributed by atoms with Gasteiger partial charge in [-0.1, -0.05) is 52.5 Å². The topological polar surface area (TPSA) is 34.1 Å². The van der Waals surface area contributed by atoms with Crippen LogP contribution in [-0.4, -0.2) is 8.42 Å². The van der Waals surface area contributed by atoms with Crippen molar-refractivity contribution in [1.82, 2.24) is 0 Å². The molecule has 0 spiro atoms. The maximum Gasteiger partial charge on any atom is 0.261 e. The Labute approximate surface area is 140 Å². The summed E-state index contributed by atoms with van der Waals surface area (Å²) in [6, 6.07) is 7.13. The van der Waals surface area contributed by atoms with Gasteiger partial charge in [-0.2, -0.15) is 0 Å². The van der Waals surface area contributed by atoms with E-state index in [0.29, 0.717) is 26.2 Å². The van der Waals surface area contributed by atoms with Crippen LogP contribution in [0.5, 0.6) is 0 Å². The Balaban J connectivity index is 2.63. The Morgan fingerprint density at radius 2 is 1.25 bits per heavy atom. The van der Waals surface area contributed by atoms with Crippen molar-refractivity contribution in [2.75, 3.05) is 0 Å². The van der Waals surface area contributed by atoms with Crippen molar-refractivity contribution >= 4 is 66.1 Å². The molecule has 2 aromatic rings. The molecule has 0 atom stereocenters. The first kappa shape index (κ1) is 16.2. The van der Waals surface area contributed by atoms with Gasteiger partial charge in [-0.15, -0.1) is 0 Å². The lowest BCUT2D eigenvalue weighted by Crippen LogP contribution is -1.91. The van der Waals surface area contributed by atoms with Crippen LogP contribution in [0.1, 0.15) is 0 Å². The average molecular weight is 391 g/mol. The first-order valence-corrected chi connectivity index (χ1v) is 8.91. The standard InChI is InChI=1S/C12H5Cl5O2S/c13-9-3-6(20(17,18)19)1-2-7(9)8-4-11(15)12(16)5-10(8)14/h1-5H. The highest BCUT2D eigenvalue weighted by molar-refractivity contribution is 8.13. The minimum atomic E-state index is -3.84. The highest BCUT2D eigenvalue weighted by Gasteiger charge is 2.15. The zero-order valence-corrected chi connectivity index (χ0v) is 14.1. The van der Waals surface area contributed by atoms with Crippen LogP contribution in [0.2, 0.25) is 20.1 Å². The predicted molar refractivity (Wildman–Crippen MR) is 85.0 cm³/mol. The van der Waals surface area contributed by atoms with E-state index in [0.717, 1.165) is 0 Å². The lowest BCUT2D eigenvalue weighted by Gasteiger charge is -2.09. The fourth-order valence-electron chi connectivity index (χ4n) is 1.59. The van der Waals surface area contributed by atoms with Gasteiger partial charge in [0.1, 0.15) is 0 Å². The van der Waals surface area contributed by atoms with Crippen LogP contribution in [0.3, 0.4) is 0 Å². The van der Waals surface area contributed by atoms with Crippen molar-refractivity contribution in [2.24, 2.45) is 0 Å². The molecule has 0 aliphatic carbocycles. The quantitative estimate of drug-likeness (QED) is 0.473. The molecule has 8 heteroatoms. The Morgan fingerprint density at radius 1 is 0.700 bits per heavy atom. The molecule has 0 aromatic heterocycles. The molecule has 0 saturated heterocycles. The SMILES string of the molecule is O=S(=O)(Cl)c1ccc(-c2cc(Cl)c(Cl)cc2Cl)c(Cl)c1. The van der Waals surface area contributed by atoms with Gasteiger partial charge >= 0.3 is 0 Å². The summed E-state index contributed by atoms with van der Waals surface area (Å²) in [7, 11) is 1.41. The van der Waals surface area contributed by atoms with E-state index in [-0.39, 0.29) is 9.92 Å². The molecule has 0 unspecified atom stereocenters. The van der Waals surface area contributed by atoms with Gasteiger partial charge in [-0.05, 0) is 24.3 Å². The molecule has 2 nitrogen and oxygen atoms in total. The number of halogens is 5. The molecule has 0 N–H and O–H groups in total. The third-order valence-corrected chi connectivity index (χ3v) is 5.22. The Kier molecular flexibility index (Phi) is 4.80. The van der Waals surface area contributed by atoms with E-state index >= 15 is 0 Å². The molecule has 0 aliphatic heterocycles. The molecular formula is C12H5Cl5O2S. The number of hydrogen-bond acceptors (Lipinski definition) is 2. The molecule has 0 amide bonds. The first-order valence-electron chi connectivity index (χ1n) is 5.09. The second-order valence-corrected chi connectivity index (χ2v) is 8.02. The number of hydrogen-bond donors (Lipinski definition) is 0. The van der Waals surface area contributed by atoms with Crippen LogP contribution >= 0.6 is 57.1 Å². The van der Waals surface area contributed by atoms with E-state index in [1.807, 2.05) is 0 Å². The molecule has 0 aliphatic rings. The molecule has 0 fully saturated rings. The van der Waals surface area contributed by atoms with E-state index in [4.69, 9.17) is 57.1 Å². The van der Waals surface area contributed by atoms with E-state index < -0.39 is 9.05 Å². The van der Waals surface area contributed by atoms with Crippen molar-refractivity contribution in [1.29, 1.82) is 0 Å². The molecule has 20 heavy (non-hydrogen) atoms. The molecule has 106 valence electrons. The summed E-state index contributed by atoms with van der Waals surface area (Å²) in [5, 5.41) is 1.17. The van der Waals surface area contributed by atoms with Gasteiger partial charge in [-0.3, -0.25) is 0 Å². The minimum absolute atomic E-state index is 0.0934. The fourth-order valence-corrected chi connectivity index (χ4v) is 3.37. The Hall–Kier alpha value is -0.160. The summed E-state index contributed by atoms with van der Waals surface area (Å²) >= 11 is 24.0. The van der Waals surface area contributed by atoms with Gasteiger partial charge < -0.3 is 0 Å². The van der Waals surface area contributed by atoms with Crippen LogP contribution in [-0.2, 0) is 9.05 Å². The molecule has 0 radical (unpaired) electrons. The van der Waals surface area contributed by atoms with Crippen molar-refractivity contribution < 1.29 is 8.42 Å². The van der Waals surface area contributed by atoms with Gasteiger partial charge in [0, 0.05) is 26.8 Å². The lowest BCUT2D eigenvalue weighted by atomic mass is 10.1. The van der Waals surface area contributed by atoms with Crippen LogP contribution in [0.25, 0.3) is 11.1 Å². The van der Waals surface area contributed by atoms with Crippen molar-refractivity contribution in [2.45, 2.75) is 4.90 Å². The zero-order chi connectivity index (χ0) is 15.1. The third-order valence-electron chi connectivity index (χ3n) is 2.52. The van der Waals surface area contributed by atoms with E-state index in [2.05, 4.69) is 0 Å². The summed E-state index contributed by atoms with van der Waals surface area (Å²) in [6.45, 7) is 0. The predicted octanol–water partition coefficient (Wildman–Crippen LogP) is 5.89. The van der Waals surface area contributed by atoms with Crippen LogP contribution in [0.4, 0.5) is 0 Å². The average Bonchev–Trinajstić information content (AvgIpc) is 2.33. The first-order chi connectivity index (χ1) is 9.20. The Morgan fingerprint density at radius 3 is 1.80 bits per heavy atom. The van der Waals surface area contributed by atoms with Crippen molar-refractivity contribution in [3.05, 3.63) is 50.4 Å². The van der Waals surface area contributed by atoms with Crippen LogP contribution in [0, 0.1) is 0 Å². The Bertz CT molecular complexity index is 787. The largest absolute Gasteiger partial charge is 0.261 e. The van der Waals surface area contributed by atoms with Gasteiger partial charge in [0.15, 0.2) is 0 Å². The van der Waals surface area contributed by atoms with Gasteiger partial charge in [0.05, 0.1) is 20.0 Å².